The van der Waals surface area contributed by atoms with E-state index in [2.05, 4.69) is 21.8 Å². The van der Waals surface area contributed by atoms with Gasteiger partial charge in [-0.3, -0.25) is 4.99 Å². The molecule has 0 aliphatic carbocycles. The SMILES string of the molecule is C=C(/C=C\C=C/C)CCN(C)C(=NC)C(NC)c1cccc(OC)c1OC.CC. The van der Waals surface area contributed by atoms with E-state index in [0.717, 1.165) is 29.9 Å². The van der Waals surface area contributed by atoms with E-state index >= 15 is 0 Å². The van der Waals surface area contributed by atoms with Gasteiger partial charge in [-0.25, -0.2) is 0 Å². The topological polar surface area (TPSA) is 46.1 Å². The second-order valence-corrected chi connectivity index (χ2v) is 6.10. The molecule has 0 aliphatic heterocycles. The lowest BCUT2D eigenvalue weighted by molar-refractivity contribution is 0.349. The zero-order valence-corrected chi connectivity index (χ0v) is 19.5. The first kappa shape index (κ1) is 26.5. The fraction of sp³-hybridized carbons (Fsp3) is 0.458. The van der Waals surface area contributed by atoms with Crippen LogP contribution >= 0.6 is 0 Å². The minimum Gasteiger partial charge on any atom is -0.493 e. The molecule has 29 heavy (non-hydrogen) atoms. The summed E-state index contributed by atoms with van der Waals surface area (Å²) in [6, 6.07) is 5.77. The molecule has 5 heteroatoms. The molecule has 0 saturated carbocycles. The molecule has 1 aromatic rings. The Morgan fingerprint density at radius 1 is 1.24 bits per heavy atom. The maximum absolute atomic E-state index is 5.61. The molecule has 0 amide bonds. The summed E-state index contributed by atoms with van der Waals surface area (Å²) in [4.78, 5) is 6.69. The van der Waals surface area contributed by atoms with Crippen LogP contribution in [0.25, 0.3) is 0 Å². The molecule has 1 unspecified atom stereocenters. The van der Waals surface area contributed by atoms with Gasteiger partial charge in [-0.15, -0.1) is 0 Å². The van der Waals surface area contributed by atoms with Gasteiger partial charge in [-0.1, -0.05) is 62.4 Å². The van der Waals surface area contributed by atoms with Gasteiger partial charge in [0.1, 0.15) is 5.84 Å². The lowest BCUT2D eigenvalue weighted by atomic mass is 10.0. The number of ether oxygens (including phenoxy) is 2. The summed E-state index contributed by atoms with van der Waals surface area (Å²) in [7, 11) is 9.07. The Labute approximate surface area is 177 Å². The highest BCUT2D eigenvalue weighted by molar-refractivity contribution is 5.89. The van der Waals surface area contributed by atoms with Crippen molar-refractivity contribution in [3.05, 3.63) is 60.2 Å². The highest BCUT2D eigenvalue weighted by atomic mass is 16.5. The predicted octanol–water partition coefficient (Wildman–Crippen LogP) is 5.03. The van der Waals surface area contributed by atoms with Crippen molar-refractivity contribution in [1.82, 2.24) is 10.2 Å². The first-order chi connectivity index (χ1) is 14.0. The normalized spacial score (nSPS) is 12.5. The van der Waals surface area contributed by atoms with E-state index < -0.39 is 0 Å². The molecule has 0 aliphatic rings. The third kappa shape index (κ3) is 8.16. The number of amidine groups is 1. The summed E-state index contributed by atoms with van der Waals surface area (Å²) in [6.07, 6.45) is 8.90. The Bertz CT molecular complexity index is 693. The van der Waals surface area contributed by atoms with Crippen LogP contribution in [-0.2, 0) is 0 Å². The number of hydrogen-bond acceptors (Lipinski definition) is 4. The van der Waals surface area contributed by atoms with Crippen molar-refractivity contribution in [1.29, 1.82) is 0 Å². The smallest absolute Gasteiger partial charge is 0.165 e. The summed E-state index contributed by atoms with van der Waals surface area (Å²) in [5.41, 5.74) is 2.06. The summed E-state index contributed by atoms with van der Waals surface area (Å²) in [6.45, 7) is 10.9. The zero-order chi connectivity index (χ0) is 22.2. The molecule has 0 fully saturated rings. The van der Waals surface area contributed by atoms with Crippen LogP contribution < -0.4 is 14.8 Å². The third-order valence-corrected chi connectivity index (χ3v) is 4.32. The summed E-state index contributed by atoms with van der Waals surface area (Å²) in [5.74, 6) is 2.35. The maximum Gasteiger partial charge on any atom is 0.165 e. The van der Waals surface area contributed by atoms with Gasteiger partial charge in [-0.05, 0) is 26.5 Å². The standard InChI is InChI=1S/C22H33N3O2.C2H6/c1-8-9-10-12-17(2)15-16-25(5)22(24-4)20(23-3)18-13-11-14-19(26-6)21(18)27-7;1-2/h8-14,20,23H,2,15-16H2,1,3-7H3;1-2H3/b9-8-,12-10-,24-22?;. The minimum atomic E-state index is -0.114. The van der Waals surface area contributed by atoms with Gasteiger partial charge in [0.2, 0.25) is 0 Å². The quantitative estimate of drug-likeness (QED) is 0.339. The van der Waals surface area contributed by atoms with E-state index in [-0.39, 0.29) is 6.04 Å². The zero-order valence-electron chi connectivity index (χ0n) is 19.5. The molecular weight excluding hydrogens is 362 g/mol. The largest absolute Gasteiger partial charge is 0.493 e. The second kappa shape index (κ2) is 15.4. The van der Waals surface area contributed by atoms with Crippen molar-refractivity contribution in [2.45, 2.75) is 33.2 Å². The molecule has 0 spiro atoms. The monoisotopic (exact) mass is 401 g/mol. The van der Waals surface area contributed by atoms with Gasteiger partial charge in [0.05, 0.1) is 20.3 Å². The average molecular weight is 402 g/mol. The van der Waals surface area contributed by atoms with Gasteiger partial charge < -0.3 is 19.7 Å². The van der Waals surface area contributed by atoms with E-state index in [1.54, 1.807) is 14.2 Å². The van der Waals surface area contributed by atoms with E-state index in [1.165, 1.54) is 0 Å². The van der Waals surface area contributed by atoms with E-state index in [4.69, 9.17) is 9.47 Å². The Morgan fingerprint density at radius 3 is 2.45 bits per heavy atom. The molecule has 1 atom stereocenters. The summed E-state index contributed by atoms with van der Waals surface area (Å²) in [5, 5.41) is 3.35. The number of hydrogen-bond donors (Lipinski definition) is 1. The van der Waals surface area contributed by atoms with E-state index in [9.17, 15) is 0 Å². The van der Waals surface area contributed by atoms with Crippen molar-refractivity contribution in [2.24, 2.45) is 4.99 Å². The van der Waals surface area contributed by atoms with Gasteiger partial charge in [-0.2, -0.15) is 0 Å². The first-order valence-corrected chi connectivity index (χ1v) is 10.1. The van der Waals surface area contributed by atoms with Crippen LogP contribution in [0, 0.1) is 0 Å². The van der Waals surface area contributed by atoms with Crippen LogP contribution in [0.5, 0.6) is 11.5 Å². The molecule has 0 saturated heterocycles. The van der Waals surface area contributed by atoms with Crippen LogP contribution in [-0.4, -0.2) is 52.6 Å². The predicted molar refractivity (Wildman–Crippen MR) is 126 cm³/mol. The molecule has 0 bridgehead atoms. The first-order valence-electron chi connectivity index (χ1n) is 10.1. The number of para-hydroxylation sites is 1. The summed E-state index contributed by atoms with van der Waals surface area (Å²) < 4.78 is 11.0. The molecule has 162 valence electrons. The molecule has 0 aromatic heterocycles. The fourth-order valence-corrected chi connectivity index (χ4v) is 2.90. The van der Waals surface area contributed by atoms with Crippen LogP contribution in [0.1, 0.15) is 38.8 Å². The van der Waals surface area contributed by atoms with Crippen LogP contribution in [0.2, 0.25) is 0 Å². The third-order valence-electron chi connectivity index (χ3n) is 4.32. The Morgan fingerprint density at radius 2 is 1.93 bits per heavy atom. The van der Waals surface area contributed by atoms with Gasteiger partial charge in [0.25, 0.3) is 0 Å². The number of benzene rings is 1. The molecular formula is C24H39N3O2. The number of nitrogens with zero attached hydrogens (tertiary/aromatic N) is 2. The fourth-order valence-electron chi connectivity index (χ4n) is 2.90. The molecule has 0 radical (unpaired) electrons. The summed E-state index contributed by atoms with van der Waals surface area (Å²) >= 11 is 0. The van der Waals surface area contributed by atoms with Crippen molar-refractivity contribution in [2.75, 3.05) is 41.9 Å². The van der Waals surface area contributed by atoms with Gasteiger partial charge >= 0.3 is 0 Å². The highest BCUT2D eigenvalue weighted by Crippen LogP contribution is 2.35. The number of aliphatic imine (C=N–C) groups is 1. The van der Waals surface area contributed by atoms with E-state index in [0.29, 0.717) is 11.5 Å². The lowest BCUT2D eigenvalue weighted by Gasteiger charge is -2.29. The number of nitrogens with one attached hydrogen (secondary N) is 1. The molecule has 1 N–H and O–H groups in total. The molecule has 1 rings (SSSR count). The van der Waals surface area contributed by atoms with Crippen LogP contribution in [0.4, 0.5) is 0 Å². The van der Waals surface area contributed by atoms with Gasteiger partial charge in [0.15, 0.2) is 11.5 Å². The van der Waals surface area contributed by atoms with E-state index in [1.807, 2.05) is 84.4 Å². The van der Waals surface area contributed by atoms with Crippen molar-refractivity contribution in [3.63, 3.8) is 0 Å². The average Bonchev–Trinajstić information content (AvgIpc) is 2.76. The van der Waals surface area contributed by atoms with Crippen LogP contribution in [0.15, 0.2) is 59.6 Å². The van der Waals surface area contributed by atoms with Crippen molar-refractivity contribution in [3.8, 4) is 11.5 Å². The molecule has 1 aromatic carbocycles. The molecule has 0 heterocycles. The Hall–Kier alpha value is -2.53. The van der Waals surface area contributed by atoms with Crippen molar-refractivity contribution >= 4 is 5.84 Å². The van der Waals surface area contributed by atoms with Crippen molar-refractivity contribution < 1.29 is 9.47 Å². The number of rotatable bonds is 10. The lowest BCUT2D eigenvalue weighted by Crippen LogP contribution is -2.38. The number of likely N-dealkylation sites (N-methyl/N-ethyl adjacent to an activating group) is 2. The highest BCUT2D eigenvalue weighted by Gasteiger charge is 2.24. The second-order valence-electron chi connectivity index (χ2n) is 6.10. The number of allylic oxidation sites excluding steroid dienone is 4. The Kier molecular flexibility index (Phi) is 14.1. The van der Waals surface area contributed by atoms with Gasteiger partial charge in [0, 0.05) is 26.2 Å². The maximum atomic E-state index is 5.61. The van der Waals surface area contributed by atoms with Crippen LogP contribution in [0.3, 0.4) is 0 Å². The number of methoxy groups -OCH3 is 2. The Balaban J connectivity index is 0.00000379. The molecule has 5 nitrogen and oxygen atoms in total. The minimum absolute atomic E-state index is 0.114.